The van der Waals surface area contributed by atoms with Crippen molar-refractivity contribution in [2.75, 3.05) is 19.8 Å². The summed E-state index contributed by atoms with van der Waals surface area (Å²) in [5.41, 5.74) is 0. The molecule has 0 amide bonds. The molecule has 1 unspecified atom stereocenters. The number of carbonyl (C=O) groups is 2. The van der Waals surface area contributed by atoms with Crippen LogP contribution in [0.1, 0.15) is 355 Å². The van der Waals surface area contributed by atoms with E-state index >= 15 is 0 Å². The van der Waals surface area contributed by atoms with Gasteiger partial charge in [0.25, 0.3) is 0 Å². The van der Waals surface area contributed by atoms with Crippen LogP contribution in [0.25, 0.3) is 0 Å². The zero-order chi connectivity index (χ0) is 49.2. The fraction of sp³-hybridized carbons (Fsp3) is 0.937. The van der Waals surface area contributed by atoms with Gasteiger partial charge >= 0.3 is 11.9 Å². The molecule has 0 radical (unpaired) electrons. The molecular formula is C63H122O5. The smallest absolute Gasteiger partial charge is 0.306 e. The average molecular weight is 960 g/mol. The van der Waals surface area contributed by atoms with E-state index in [1.54, 1.807) is 0 Å². The number of carbonyl (C=O) groups excluding carboxylic acids is 2. The van der Waals surface area contributed by atoms with Crippen molar-refractivity contribution in [3.05, 3.63) is 12.2 Å². The molecule has 0 aromatic heterocycles. The van der Waals surface area contributed by atoms with Crippen molar-refractivity contribution in [1.29, 1.82) is 0 Å². The highest BCUT2D eigenvalue weighted by Gasteiger charge is 2.18. The fourth-order valence-electron chi connectivity index (χ4n) is 9.63. The third-order valence-corrected chi connectivity index (χ3v) is 14.3. The minimum absolute atomic E-state index is 0.0947. The summed E-state index contributed by atoms with van der Waals surface area (Å²) in [5.74, 6) is -0.368. The molecule has 0 aliphatic rings. The standard InChI is InChI=1S/C63H122O5/c1-4-7-10-13-16-19-22-25-28-30-32-33-36-38-41-44-47-50-53-56-62(64)67-60-61(68-63(65)57-54-51-48-45-42-39-35-27-24-21-18-15-12-9-6-3)59-66-58-55-52-49-46-43-40-37-34-31-29-26-23-20-17-14-11-8-5-2/h26,29,61H,4-25,27-28,30-60H2,1-3H3/b29-26-. The van der Waals surface area contributed by atoms with Crippen LogP contribution < -0.4 is 0 Å². The average Bonchev–Trinajstić information content (AvgIpc) is 3.34. The van der Waals surface area contributed by atoms with Gasteiger partial charge < -0.3 is 14.2 Å². The maximum atomic E-state index is 12.9. The molecule has 0 N–H and O–H groups in total. The number of allylic oxidation sites excluding steroid dienone is 2. The van der Waals surface area contributed by atoms with Crippen LogP contribution in [0.15, 0.2) is 12.2 Å². The summed E-state index contributed by atoms with van der Waals surface area (Å²) in [5, 5.41) is 0. The summed E-state index contributed by atoms with van der Waals surface area (Å²) >= 11 is 0. The predicted octanol–water partition coefficient (Wildman–Crippen LogP) is 21.4. The van der Waals surface area contributed by atoms with Gasteiger partial charge in [-0.1, -0.05) is 309 Å². The van der Waals surface area contributed by atoms with Crippen molar-refractivity contribution in [1.82, 2.24) is 0 Å². The van der Waals surface area contributed by atoms with E-state index in [0.717, 1.165) is 32.1 Å². The molecule has 0 aliphatic carbocycles. The first-order valence-electron chi connectivity index (χ1n) is 31.2. The van der Waals surface area contributed by atoms with Crippen LogP contribution in [0.5, 0.6) is 0 Å². The van der Waals surface area contributed by atoms with Gasteiger partial charge in [-0.15, -0.1) is 0 Å². The van der Waals surface area contributed by atoms with Crippen LogP contribution in [0.4, 0.5) is 0 Å². The molecule has 0 fully saturated rings. The minimum Gasteiger partial charge on any atom is -0.462 e. The molecule has 1 atom stereocenters. The Morgan fingerprint density at radius 1 is 0.309 bits per heavy atom. The number of rotatable bonds is 59. The first-order valence-corrected chi connectivity index (χ1v) is 31.2. The third-order valence-electron chi connectivity index (χ3n) is 14.3. The van der Waals surface area contributed by atoms with Crippen molar-refractivity contribution in [2.45, 2.75) is 361 Å². The maximum absolute atomic E-state index is 12.9. The Labute approximate surface area is 426 Å². The summed E-state index contributed by atoms with van der Waals surface area (Å²) in [6.45, 7) is 7.91. The second kappa shape index (κ2) is 59.9. The van der Waals surface area contributed by atoms with Crippen molar-refractivity contribution in [3.63, 3.8) is 0 Å². The highest BCUT2D eigenvalue weighted by atomic mass is 16.6. The molecule has 0 rings (SSSR count). The lowest BCUT2D eigenvalue weighted by molar-refractivity contribution is -0.163. The van der Waals surface area contributed by atoms with E-state index in [-0.39, 0.29) is 18.5 Å². The second-order valence-corrected chi connectivity index (χ2v) is 21.3. The SMILES string of the molecule is CCCCCCCC/C=C\CCCCCCCCCCOCC(COC(=O)CCCCCCCCCCCCCCCCCCCCC)OC(=O)CCCCCCCCCCCCCCCCC. The molecule has 0 saturated carbocycles. The summed E-state index contributed by atoms with van der Waals surface area (Å²) in [6, 6.07) is 0. The van der Waals surface area contributed by atoms with Gasteiger partial charge in [-0.05, 0) is 44.9 Å². The van der Waals surface area contributed by atoms with Crippen LogP contribution in [0, 0.1) is 0 Å². The first-order chi connectivity index (χ1) is 33.6. The number of hydrogen-bond donors (Lipinski definition) is 0. The Kier molecular flexibility index (Phi) is 58.7. The first kappa shape index (κ1) is 66.6. The molecule has 68 heavy (non-hydrogen) atoms. The molecule has 0 aliphatic heterocycles. The van der Waals surface area contributed by atoms with E-state index in [4.69, 9.17) is 14.2 Å². The fourth-order valence-corrected chi connectivity index (χ4v) is 9.63. The predicted molar refractivity (Wildman–Crippen MR) is 298 cm³/mol. The minimum atomic E-state index is -0.529. The molecule has 0 saturated heterocycles. The monoisotopic (exact) mass is 959 g/mol. The van der Waals surface area contributed by atoms with Gasteiger partial charge in [0.05, 0.1) is 6.61 Å². The van der Waals surface area contributed by atoms with Crippen molar-refractivity contribution in [3.8, 4) is 0 Å². The highest BCUT2D eigenvalue weighted by molar-refractivity contribution is 5.70. The van der Waals surface area contributed by atoms with Crippen molar-refractivity contribution in [2.24, 2.45) is 0 Å². The summed E-state index contributed by atoms with van der Waals surface area (Å²) in [6.07, 6.45) is 71.0. The normalized spacial score (nSPS) is 12.1. The second-order valence-electron chi connectivity index (χ2n) is 21.3. The molecule has 5 nitrogen and oxygen atoms in total. The molecule has 0 spiro atoms. The van der Waals surface area contributed by atoms with E-state index in [1.807, 2.05) is 0 Å². The maximum Gasteiger partial charge on any atom is 0.306 e. The van der Waals surface area contributed by atoms with Gasteiger partial charge in [-0.25, -0.2) is 0 Å². The quantitative estimate of drug-likeness (QED) is 0.0345. The lowest BCUT2D eigenvalue weighted by Crippen LogP contribution is -2.30. The van der Waals surface area contributed by atoms with Crippen LogP contribution in [-0.2, 0) is 23.8 Å². The third kappa shape index (κ3) is 57.2. The molecule has 0 aromatic carbocycles. The number of esters is 2. The lowest BCUT2D eigenvalue weighted by atomic mass is 10.0. The highest BCUT2D eigenvalue weighted by Crippen LogP contribution is 2.18. The molecule has 0 bridgehead atoms. The largest absolute Gasteiger partial charge is 0.462 e. The van der Waals surface area contributed by atoms with Crippen LogP contribution in [0.3, 0.4) is 0 Å². The van der Waals surface area contributed by atoms with Crippen molar-refractivity contribution >= 4 is 11.9 Å². The molecular weight excluding hydrogens is 837 g/mol. The topological polar surface area (TPSA) is 61.8 Å². The molecule has 5 heteroatoms. The Morgan fingerprint density at radius 3 is 0.897 bits per heavy atom. The van der Waals surface area contributed by atoms with Gasteiger partial charge in [0.15, 0.2) is 6.10 Å². The summed E-state index contributed by atoms with van der Waals surface area (Å²) in [7, 11) is 0. The van der Waals surface area contributed by atoms with Crippen LogP contribution >= 0.6 is 0 Å². The van der Waals surface area contributed by atoms with Gasteiger partial charge in [0, 0.05) is 19.4 Å². The zero-order valence-corrected chi connectivity index (χ0v) is 46.7. The lowest BCUT2D eigenvalue weighted by Gasteiger charge is -2.18. The van der Waals surface area contributed by atoms with E-state index < -0.39 is 6.10 Å². The van der Waals surface area contributed by atoms with Crippen molar-refractivity contribution < 1.29 is 23.8 Å². The van der Waals surface area contributed by atoms with E-state index in [9.17, 15) is 9.59 Å². The Morgan fingerprint density at radius 2 is 0.574 bits per heavy atom. The number of unbranched alkanes of at least 4 members (excludes halogenated alkanes) is 46. The van der Waals surface area contributed by atoms with Gasteiger partial charge in [0.2, 0.25) is 0 Å². The molecule has 0 aromatic rings. The Hall–Kier alpha value is -1.36. The Balaban J connectivity index is 4.19. The van der Waals surface area contributed by atoms with E-state index in [2.05, 4.69) is 32.9 Å². The molecule has 0 heterocycles. The van der Waals surface area contributed by atoms with Gasteiger partial charge in [0.1, 0.15) is 6.61 Å². The van der Waals surface area contributed by atoms with Crippen LogP contribution in [0.2, 0.25) is 0 Å². The van der Waals surface area contributed by atoms with Gasteiger partial charge in [-0.2, -0.15) is 0 Å². The van der Waals surface area contributed by atoms with Gasteiger partial charge in [-0.3, -0.25) is 9.59 Å². The summed E-state index contributed by atoms with van der Waals surface area (Å²) < 4.78 is 17.5. The van der Waals surface area contributed by atoms with E-state index in [0.29, 0.717) is 26.1 Å². The summed E-state index contributed by atoms with van der Waals surface area (Å²) in [4.78, 5) is 25.6. The number of hydrogen-bond acceptors (Lipinski definition) is 5. The zero-order valence-electron chi connectivity index (χ0n) is 46.7. The number of ether oxygens (including phenoxy) is 3. The molecule has 404 valence electrons. The van der Waals surface area contributed by atoms with E-state index in [1.165, 1.54) is 289 Å². The Bertz CT molecular complexity index is 994. The van der Waals surface area contributed by atoms with Crippen LogP contribution in [-0.4, -0.2) is 37.9 Å².